The van der Waals surface area contributed by atoms with Crippen molar-refractivity contribution < 1.29 is 0 Å². The zero-order chi connectivity index (χ0) is 10.8. The first-order valence-electron chi connectivity index (χ1n) is 5.41. The Labute approximate surface area is 90.7 Å². The van der Waals surface area contributed by atoms with Crippen molar-refractivity contribution in [3.8, 4) is 0 Å². The lowest BCUT2D eigenvalue weighted by molar-refractivity contribution is 0.718. The maximum Gasteiger partial charge on any atom is 0.149 e. The maximum absolute atomic E-state index is 4.45. The van der Waals surface area contributed by atoms with Crippen LogP contribution >= 0.6 is 0 Å². The van der Waals surface area contributed by atoms with E-state index in [2.05, 4.69) is 34.2 Å². The van der Waals surface area contributed by atoms with Crippen LogP contribution in [-0.4, -0.2) is 30.6 Å². The Bertz CT molecular complexity index is 339. The van der Waals surface area contributed by atoms with E-state index in [-0.39, 0.29) is 0 Å². The molecular weight excluding hydrogens is 188 g/mol. The summed E-state index contributed by atoms with van der Waals surface area (Å²) < 4.78 is 0. The van der Waals surface area contributed by atoms with Crippen LogP contribution in [0.15, 0.2) is 12.4 Å². The van der Waals surface area contributed by atoms with E-state index in [0.717, 1.165) is 30.0 Å². The van der Waals surface area contributed by atoms with Crippen molar-refractivity contribution >= 4 is 11.6 Å². The zero-order valence-corrected chi connectivity index (χ0v) is 9.57. The highest BCUT2D eigenvalue weighted by atomic mass is 15.2. The number of anilines is 2. The molecule has 4 heteroatoms. The van der Waals surface area contributed by atoms with Crippen molar-refractivity contribution in [1.82, 2.24) is 9.97 Å². The van der Waals surface area contributed by atoms with Crippen LogP contribution in [0.25, 0.3) is 0 Å². The van der Waals surface area contributed by atoms with Gasteiger partial charge in [-0.15, -0.1) is 0 Å². The summed E-state index contributed by atoms with van der Waals surface area (Å²) in [7, 11) is 3.94. The number of rotatable bonds is 4. The number of aromatic nitrogens is 2. The van der Waals surface area contributed by atoms with E-state index in [4.69, 9.17) is 0 Å². The van der Waals surface area contributed by atoms with Crippen molar-refractivity contribution in [1.29, 1.82) is 0 Å². The van der Waals surface area contributed by atoms with Gasteiger partial charge in [0.05, 0.1) is 12.4 Å². The summed E-state index contributed by atoms with van der Waals surface area (Å²) in [6, 6.07) is 0. The summed E-state index contributed by atoms with van der Waals surface area (Å²) in [5.74, 6) is 3.49. The molecule has 0 radical (unpaired) electrons. The predicted molar refractivity (Wildman–Crippen MR) is 62.1 cm³/mol. The van der Waals surface area contributed by atoms with Gasteiger partial charge < -0.3 is 10.2 Å². The largest absolute Gasteiger partial charge is 0.372 e. The molecule has 15 heavy (non-hydrogen) atoms. The predicted octanol–water partition coefficient (Wildman–Crippen LogP) is 1.61. The van der Waals surface area contributed by atoms with Gasteiger partial charge in [-0.25, -0.2) is 4.98 Å². The lowest BCUT2D eigenvalue weighted by Crippen LogP contribution is -2.22. The second-order valence-electron chi connectivity index (χ2n) is 4.37. The first kappa shape index (κ1) is 10.2. The molecule has 1 saturated carbocycles. The molecule has 1 aromatic heterocycles. The van der Waals surface area contributed by atoms with Gasteiger partial charge in [0.25, 0.3) is 0 Å². The minimum atomic E-state index is 0.822. The second-order valence-corrected chi connectivity index (χ2v) is 4.37. The third-order valence-electron chi connectivity index (χ3n) is 3.05. The minimum Gasteiger partial charge on any atom is -0.372 e. The van der Waals surface area contributed by atoms with Gasteiger partial charge in [0.1, 0.15) is 11.6 Å². The molecule has 1 aromatic rings. The van der Waals surface area contributed by atoms with E-state index < -0.39 is 0 Å². The molecule has 0 amide bonds. The third-order valence-corrected chi connectivity index (χ3v) is 3.05. The number of hydrogen-bond donors (Lipinski definition) is 1. The monoisotopic (exact) mass is 206 g/mol. The smallest absolute Gasteiger partial charge is 0.149 e. The molecule has 82 valence electrons. The van der Waals surface area contributed by atoms with E-state index >= 15 is 0 Å². The van der Waals surface area contributed by atoms with Crippen molar-refractivity contribution in [2.45, 2.75) is 13.3 Å². The quantitative estimate of drug-likeness (QED) is 0.812. The van der Waals surface area contributed by atoms with E-state index in [1.807, 2.05) is 13.2 Å². The highest BCUT2D eigenvalue weighted by molar-refractivity contribution is 5.42. The van der Waals surface area contributed by atoms with Crippen molar-refractivity contribution in [2.24, 2.45) is 11.8 Å². The lowest BCUT2D eigenvalue weighted by Gasteiger charge is -2.17. The van der Waals surface area contributed by atoms with Gasteiger partial charge in [-0.05, 0) is 18.3 Å². The van der Waals surface area contributed by atoms with Gasteiger partial charge >= 0.3 is 0 Å². The average Bonchev–Trinajstić information content (AvgIpc) is 2.94. The standard InChI is InChI=1S/C11H18N4/c1-8-4-9(8)7-15(3)11-6-13-5-10(12-2)14-11/h5-6,8-9H,4,7H2,1-3H3,(H,12,14). The molecule has 0 saturated heterocycles. The second kappa shape index (κ2) is 4.04. The highest BCUT2D eigenvalue weighted by Crippen LogP contribution is 2.38. The van der Waals surface area contributed by atoms with Crippen LogP contribution in [0.1, 0.15) is 13.3 Å². The third kappa shape index (κ3) is 2.37. The van der Waals surface area contributed by atoms with Crippen LogP contribution in [0.4, 0.5) is 11.6 Å². The Morgan fingerprint density at radius 3 is 2.87 bits per heavy atom. The molecule has 0 spiro atoms. The van der Waals surface area contributed by atoms with Gasteiger partial charge in [0.2, 0.25) is 0 Å². The van der Waals surface area contributed by atoms with Crippen LogP contribution in [0.2, 0.25) is 0 Å². The molecule has 1 heterocycles. The Kier molecular flexibility index (Phi) is 2.75. The molecule has 0 aliphatic heterocycles. The summed E-state index contributed by atoms with van der Waals surface area (Å²) in [6.45, 7) is 3.39. The molecule has 1 aliphatic carbocycles. The fourth-order valence-corrected chi connectivity index (χ4v) is 1.76. The fraction of sp³-hybridized carbons (Fsp3) is 0.636. The topological polar surface area (TPSA) is 41.1 Å². The zero-order valence-electron chi connectivity index (χ0n) is 9.57. The van der Waals surface area contributed by atoms with E-state index in [9.17, 15) is 0 Å². The summed E-state index contributed by atoms with van der Waals surface area (Å²) in [6.07, 6.45) is 4.90. The Morgan fingerprint density at radius 2 is 2.27 bits per heavy atom. The van der Waals surface area contributed by atoms with E-state index in [1.165, 1.54) is 6.42 Å². The minimum absolute atomic E-state index is 0.822. The molecule has 2 unspecified atom stereocenters. The normalized spacial score (nSPS) is 23.7. The SMILES string of the molecule is CNc1cncc(N(C)CC2CC2C)n1. The van der Waals surface area contributed by atoms with Crippen LogP contribution in [0.3, 0.4) is 0 Å². The number of hydrogen-bond acceptors (Lipinski definition) is 4. The maximum atomic E-state index is 4.45. The Morgan fingerprint density at radius 1 is 1.53 bits per heavy atom. The summed E-state index contributed by atoms with van der Waals surface area (Å²) >= 11 is 0. The number of nitrogens with zero attached hydrogens (tertiary/aromatic N) is 3. The average molecular weight is 206 g/mol. The highest BCUT2D eigenvalue weighted by Gasteiger charge is 2.33. The molecule has 2 atom stereocenters. The van der Waals surface area contributed by atoms with Gasteiger partial charge in [-0.2, -0.15) is 0 Å². The molecule has 4 nitrogen and oxygen atoms in total. The van der Waals surface area contributed by atoms with Crippen LogP contribution in [0, 0.1) is 11.8 Å². The molecule has 1 N–H and O–H groups in total. The number of nitrogens with one attached hydrogen (secondary N) is 1. The molecule has 0 bridgehead atoms. The van der Waals surface area contributed by atoms with Crippen molar-refractivity contribution in [2.75, 3.05) is 30.9 Å². The summed E-state index contributed by atoms with van der Waals surface area (Å²) in [4.78, 5) is 10.8. The first-order chi connectivity index (χ1) is 7.20. The Hall–Kier alpha value is -1.32. The molecule has 1 aliphatic rings. The van der Waals surface area contributed by atoms with Crippen LogP contribution < -0.4 is 10.2 Å². The van der Waals surface area contributed by atoms with Gasteiger partial charge in [-0.1, -0.05) is 6.92 Å². The molecular formula is C11H18N4. The lowest BCUT2D eigenvalue weighted by atomic mass is 10.3. The molecule has 1 fully saturated rings. The summed E-state index contributed by atoms with van der Waals surface area (Å²) in [5.41, 5.74) is 0. The first-order valence-corrected chi connectivity index (χ1v) is 5.41. The molecule has 0 aromatic carbocycles. The van der Waals surface area contributed by atoms with Crippen LogP contribution in [0.5, 0.6) is 0 Å². The van der Waals surface area contributed by atoms with Gasteiger partial charge in [0, 0.05) is 20.6 Å². The van der Waals surface area contributed by atoms with Gasteiger partial charge in [-0.3, -0.25) is 4.98 Å². The van der Waals surface area contributed by atoms with Crippen molar-refractivity contribution in [3.05, 3.63) is 12.4 Å². The fourth-order valence-electron chi connectivity index (χ4n) is 1.76. The van der Waals surface area contributed by atoms with E-state index in [0.29, 0.717) is 0 Å². The Balaban J connectivity index is 2.00. The summed E-state index contributed by atoms with van der Waals surface area (Å²) in [5, 5.41) is 3.00. The van der Waals surface area contributed by atoms with Crippen LogP contribution in [-0.2, 0) is 0 Å². The molecule has 2 rings (SSSR count). The van der Waals surface area contributed by atoms with Crippen molar-refractivity contribution in [3.63, 3.8) is 0 Å². The van der Waals surface area contributed by atoms with E-state index in [1.54, 1.807) is 6.20 Å². The van der Waals surface area contributed by atoms with Gasteiger partial charge in [0.15, 0.2) is 0 Å².